The number of carbonyl (C=O) groups excluding carboxylic acids is 3. The van der Waals surface area contributed by atoms with Gasteiger partial charge in [0, 0.05) is 0 Å². The van der Waals surface area contributed by atoms with Gasteiger partial charge in [-0.25, -0.2) is 0 Å². The van der Waals surface area contributed by atoms with Crippen LogP contribution in [0.5, 0.6) is 0 Å². The summed E-state index contributed by atoms with van der Waals surface area (Å²) in [4.78, 5) is 33.1. The molecule has 7 heteroatoms. The van der Waals surface area contributed by atoms with Crippen molar-refractivity contribution in [3.8, 4) is 0 Å². The molecular formula is C11H10ClN2O4-. The summed E-state index contributed by atoms with van der Waals surface area (Å²) in [6.45, 7) is 0. The van der Waals surface area contributed by atoms with Crippen molar-refractivity contribution >= 4 is 29.4 Å². The average molecular weight is 270 g/mol. The van der Waals surface area contributed by atoms with Gasteiger partial charge in [-0.05, 0) is 12.1 Å². The smallest absolute Gasteiger partial charge is 0.253 e. The molecule has 0 fully saturated rings. The van der Waals surface area contributed by atoms with Crippen molar-refractivity contribution in [3.63, 3.8) is 0 Å². The molecule has 0 saturated carbocycles. The van der Waals surface area contributed by atoms with Crippen LogP contribution in [0.15, 0.2) is 24.3 Å². The predicted octanol–water partition coefficient (Wildman–Crippen LogP) is -0.936. The zero-order chi connectivity index (χ0) is 13.7. The van der Waals surface area contributed by atoms with Gasteiger partial charge in [0.25, 0.3) is 5.91 Å². The number of nitrogens with one attached hydrogen (secondary N) is 1. The van der Waals surface area contributed by atoms with Crippen molar-refractivity contribution in [3.05, 3.63) is 34.9 Å². The zero-order valence-electron chi connectivity index (χ0n) is 9.18. The van der Waals surface area contributed by atoms with Gasteiger partial charge in [0.05, 0.1) is 29.0 Å². The number of benzene rings is 1. The third kappa shape index (κ3) is 3.74. The highest BCUT2D eigenvalue weighted by Crippen LogP contribution is 2.14. The number of hydrogen-bond donors (Lipinski definition) is 2. The van der Waals surface area contributed by atoms with Crippen LogP contribution in [0.2, 0.25) is 5.02 Å². The monoisotopic (exact) mass is 269 g/mol. The van der Waals surface area contributed by atoms with E-state index in [1.807, 2.05) is 0 Å². The lowest BCUT2D eigenvalue weighted by Gasteiger charge is -2.18. The van der Waals surface area contributed by atoms with Crippen molar-refractivity contribution in [1.82, 2.24) is 5.32 Å². The molecule has 1 atom stereocenters. The van der Waals surface area contributed by atoms with E-state index in [0.29, 0.717) is 0 Å². The molecule has 6 nitrogen and oxygen atoms in total. The summed E-state index contributed by atoms with van der Waals surface area (Å²) in [5.74, 6) is -3.16. The summed E-state index contributed by atoms with van der Waals surface area (Å²) in [6.07, 6.45) is -0.543. The minimum absolute atomic E-state index is 0.106. The summed E-state index contributed by atoms with van der Waals surface area (Å²) in [5.41, 5.74) is 4.97. The van der Waals surface area contributed by atoms with Crippen molar-refractivity contribution in [2.75, 3.05) is 0 Å². The standard InChI is InChI=1S/C11H11ClN2O4/c12-7-4-2-1-3-6(7)10(16)14-8(11(17)18)5-9(13)15/h1-4,8H,5H2,(H2,13,15)(H,14,16)(H,17,18)/p-1/t8-/m1/s1. The molecule has 18 heavy (non-hydrogen) atoms. The van der Waals surface area contributed by atoms with Gasteiger partial charge in [0.1, 0.15) is 0 Å². The van der Waals surface area contributed by atoms with E-state index < -0.39 is 30.2 Å². The number of primary amides is 1. The Morgan fingerprint density at radius 1 is 1.33 bits per heavy atom. The van der Waals surface area contributed by atoms with Gasteiger partial charge in [0.2, 0.25) is 5.91 Å². The van der Waals surface area contributed by atoms with Crippen molar-refractivity contribution in [1.29, 1.82) is 0 Å². The summed E-state index contributed by atoms with van der Waals surface area (Å²) in [5, 5.41) is 13.0. The van der Waals surface area contributed by atoms with Crippen molar-refractivity contribution < 1.29 is 19.5 Å². The molecule has 0 heterocycles. The molecule has 3 N–H and O–H groups in total. The maximum Gasteiger partial charge on any atom is 0.253 e. The van der Waals surface area contributed by atoms with E-state index in [-0.39, 0.29) is 10.6 Å². The fourth-order valence-electron chi connectivity index (χ4n) is 1.28. The summed E-state index contributed by atoms with van der Waals surface area (Å²) in [7, 11) is 0. The van der Waals surface area contributed by atoms with Gasteiger partial charge >= 0.3 is 0 Å². The molecule has 0 saturated heterocycles. The lowest BCUT2D eigenvalue weighted by molar-refractivity contribution is -0.308. The molecular weight excluding hydrogens is 260 g/mol. The average Bonchev–Trinajstić information content (AvgIpc) is 2.27. The van der Waals surface area contributed by atoms with E-state index in [1.165, 1.54) is 12.1 Å². The second-order valence-corrected chi connectivity index (χ2v) is 3.90. The maximum atomic E-state index is 11.7. The first-order valence-corrected chi connectivity index (χ1v) is 5.34. The Hall–Kier alpha value is -2.08. The van der Waals surface area contributed by atoms with Gasteiger partial charge < -0.3 is 21.0 Å². The number of carboxylic acids is 1. The summed E-state index contributed by atoms with van der Waals surface area (Å²) >= 11 is 5.77. The normalized spacial score (nSPS) is 11.6. The van der Waals surface area contributed by atoms with Gasteiger partial charge in [0.15, 0.2) is 0 Å². The number of nitrogens with two attached hydrogens (primary N) is 1. The first kappa shape index (κ1) is 14.0. The number of amides is 2. The molecule has 96 valence electrons. The third-order valence-electron chi connectivity index (χ3n) is 2.11. The highest BCUT2D eigenvalue weighted by molar-refractivity contribution is 6.33. The number of aliphatic carboxylic acids is 1. The van der Waals surface area contributed by atoms with E-state index in [0.717, 1.165) is 0 Å². The molecule has 0 unspecified atom stereocenters. The number of rotatable bonds is 5. The largest absolute Gasteiger partial charge is 0.548 e. The fourth-order valence-corrected chi connectivity index (χ4v) is 1.50. The molecule has 0 spiro atoms. The van der Waals surface area contributed by atoms with E-state index in [4.69, 9.17) is 17.3 Å². The van der Waals surface area contributed by atoms with Gasteiger partial charge in [-0.3, -0.25) is 9.59 Å². The first-order chi connectivity index (χ1) is 8.41. The zero-order valence-corrected chi connectivity index (χ0v) is 9.94. The van der Waals surface area contributed by atoms with Crippen LogP contribution >= 0.6 is 11.6 Å². The quantitative estimate of drug-likeness (QED) is 0.718. The lowest BCUT2D eigenvalue weighted by Crippen LogP contribution is -2.49. The van der Waals surface area contributed by atoms with E-state index in [2.05, 4.69) is 5.32 Å². The number of carboxylic acid groups (broad SMARTS) is 1. The van der Waals surface area contributed by atoms with Crippen LogP contribution < -0.4 is 16.2 Å². The van der Waals surface area contributed by atoms with E-state index >= 15 is 0 Å². The fraction of sp³-hybridized carbons (Fsp3) is 0.182. The Kier molecular flexibility index (Phi) is 4.67. The second-order valence-electron chi connectivity index (χ2n) is 3.50. The SMILES string of the molecule is NC(=O)C[C@@H](NC(=O)c1ccccc1Cl)C(=O)[O-]. The van der Waals surface area contributed by atoms with Gasteiger partial charge in [-0.2, -0.15) is 0 Å². The molecule has 1 aromatic rings. The molecule has 1 aromatic carbocycles. The van der Waals surface area contributed by atoms with Crippen molar-refractivity contribution in [2.45, 2.75) is 12.5 Å². The molecule has 1 rings (SSSR count). The minimum atomic E-state index is -1.59. The Balaban J connectivity index is 2.82. The van der Waals surface area contributed by atoms with Crippen LogP contribution in [0.25, 0.3) is 0 Å². The Labute approximate surface area is 108 Å². The number of hydrogen-bond acceptors (Lipinski definition) is 4. The lowest BCUT2D eigenvalue weighted by atomic mass is 10.1. The Morgan fingerprint density at radius 3 is 2.44 bits per heavy atom. The third-order valence-corrected chi connectivity index (χ3v) is 2.44. The van der Waals surface area contributed by atoms with E-state index in [9.17, 15) is 19.5 Å². The molecule has 0 aromatic heterocycles. The van der Waals surface area contributed by atoms with Crippen LogP contribution in [0.4, 0.5) is 0 Å². The van der Waals surface area contributed by atoms with E-state index in [1.54, 1.807) is 12.1 Å². The molecule has 0 aliphatic heterocycles. The highest BCUT2D eigenvalue weighted by Gasteiger charge is 2.18. The molecule has 0 aliphatic rings. The van der Waals surface area contributed by atoms with Crippen molar-refractivity contribution in [2.24, 2.45) is 5.73 Å². The number of halogens is 1. The van der Waals surface area contributed by atoms with Crippen LogP contribution in [0.1, 0.15) is 16.8 Å². The van der Waals surface area contributed by atoms with Gasteiger partial charge in [-0.1, -0.05) is 23.7 Å². The van der Waals surface area contributed by atoms with Crippen LogP contribution in [-0.2, 0) is 9.59 Å². The van der Waals surface area contributed by atoms with Crippen LogP contribution in [0, 0.1) is 0 Å². The maximum absolute atomic E-state index is 11.7. The molecule has 2 amide bonds. The molecule has 0 radical (unpaired) electrons. The minimum Gasteiger partial charge on any atom is -0.548 e. The topological polar surface area (TPSA) is 112 Å². The molecule has 0 bridgehead atoms. The molecule has 0 aliphatic carbocycles. The summed E-state index contributed by atoms with van der Waals surface area (Å²) < 4.78 is 0. The second kappa shape index (κ2) is 6.02. The predicted molar refractivity (Wildman–Crippen MR) is 61.5 cm³/mol. The highest BCUT2D eigenvalue weighted by atomic mass is 35.5. The Morgan fingerprint density at radius 2 is 1.94 bits per heavy atom. The first-order valence-electron chi connectivity index (χ1n) is 4.96. The summed E-state index contributed by atoms with van der Waals surface area (Å²) in [6, 6.07) is 4.63. The Bertz CT molecular complexity index is 490. The number of carbonyl (C=O) groups is 3. The van der Waals surface area contributed by atoms with Crippen LogP contribution in [0.3, 0.4) is 0 Å². The van der Waals surface area contributed by atoms with Gasteiger partial charge in [-0.15, -0.1) is 0 Å². The van der Waals surface area contributed by atoms with Crippen LogP contribution in [-0.4, -0.2) is 23.8 Å².